The van der Waals surface area contributed by atoms with Crippen LogP contribution in [0.4, 0.5) is 14.9 Å². The highest BCUT2D eigenvalue weighted by Crippen LogP contribution is 2.25. The number of aromatic nitrogens is 2. The van der Waals surface area contributed by atoms with Gasteiger partial charge in [-0.15, -0.1) is 22.7 Å². The van der Waals surface area contributed by atoms with E-state index < -0.39 is 27.4 Å². The highest BCUT2D eigenvalue weighted by Gasteiger charge is 2.20. The summed E-state index contributed by atoms with van der Waals surface area (Å²) in [4.78, 5) is 30.2. The standard InChI is InChI=1S/C22H15FN4O4S3/c1-12-2-5-20(33-12)34(30,31)26-22(29)25-14-3-4-18(16(23)9-14)27-7-6-13-8-17-19(32-11-24-17)10-15(13)21(27)28/h2-11H,1H3,(H2,25,26,29). The molecule has 12 heteroatoms. The average molecular weight is 515 g/mol. The largest absolute Gasteiger partial charge is 0.333 e. The Hall–Kier alpha value is -3.61. The highest BCUT2D eigenvalue weighted by molar-refractivity contribution is 7.92. The Bertz CT molecular complexity index is 1760. The monoisotopic (exact) mass is 514 g/mol. The first-order valence-electron chi connectivity index (χ1n) is 9.80. The number of fused-ring (bicyclic) bond motifs is 2. The summed E-state index contributed by atoms with van der Waals surface area (Å²) in [6, 6.07) is 10.9. The smallest absolute Gasteiger partial charge is 0.307 e. The zero-order valence-corrected chi connectivity index (χ0v) is 19.9. The van der Waals surface area contributed by atoms with E-state index in [0.29, 0.717) is 10.8 Å². The first kappa shape index (κ1) is 22.2. The molecule has 0 atom stereocenters. The molecule has 0 aliphatic carbocycles. The van der Waals surface area contributed by atoms with Gasteiger partial charge in [-0.2, -0.15) is 0 Å². The van der Waals surface area contributed by atoms with Gasteiger partial charge in [0.15, 0.2) is 0 Å². The van der Waals surface area contributed by atoms with Crippen molar-refractivity contribution in [1.82, 2.24) is 14.3 Å². The molecule has 3 heterocycles. The number of nitrogens with one attached hydrogen (secondary N) is 2. The minimum atomic E-state index is -4.04. The number of thiophene rings is 1. The van der Waals surface area contributed by atoms with Crippen molar-refractivity contribution in [3.8, 4) is 5.69 Å². The van der Waals surface area contributed by atoms with Gasteiger partial charge < -0.3 is 5.32 Å². The van der Waals surface area contributed by atoms with Crippen LogP contribution in [0, 0.1) is 12.7 Å². The lowest BCUT2D eigenvalue weighted by molar-refractivity contribution is 0.256. The summed E-state index contributed by atoms with van der Waals surface area (Å²) in [5.41, 5.74) is 2.09. The number of pyridine rings is 1. The number of urea groups is 1. The molecule has 5 aromatic rings. The third-order valence-corrected chi connectivity index (χ3v) is 8.64. The number of aryl methyl sites for hydroxylation is 1. The van der Waals surface area contributed by atoms with E-state index in [2.05, 4.69) is 10.3 Å². The maximum Gasteiger partial charge on any atom is 0.333 e. The Balaban J connectivity index is 1.41. The van der Waals surface area contributed by atoms with Gasteiger partial charge in [-0.25, -0.2) is 27.3 Å². The number of benzene rings is 2. The second-order valence-electron chi connectivity index (χ2n) is 7.34. The Morgan fingerprint density at radius 3 is 2.68 bits per heavy atom. The molecule has 2 aromatic carbocycles. The minimum absolute atomic E-state index is 0.00652. The van der Waals surface area contributed by atoms with Crippen molar-refractivity contribution in [3.05, 3.63) is 81.3 Å². The summed E-state index contributed by atoms with van der Waals surface area (Å²) in [5.74, 6) is -0.769. The number of hydrogen-bond acceptors (Lipinski definition) is 7. The van der Waals surface area contributed by atoms with E-state index in [0.717, 1.165) is 32.5 Å². The fourth-order valence-corrected chi connectivity index (χ4v) is 6.34. The maximum absolute atomic E-state index is 14.9. The maximum atomic E-state index is 14.9. The minimum Gasteiger partial charge on any atom is -0.307 e. The predicted octanol–water partition coefficient (Wildman–Crippen LogP) is 4.62. The van der Waals surface area contributed by atoms with Crippen molar-refractivity contribution >= 4 is 65.4 Å². The molecule has 34 heavy (non-hydrogen) atoms. The van der Waals surface area contributed by atoms with E-state index >= 15 is 0 Å². The van der Waals surface area contributed by atoms with E-state index in [-0.39, 0.29) is 15.6 Å². The van der Waals surface area contributed by atoms with Crippen molar-refractivity contribution in [1.29, 1.82) is 0 Å². The molecule has 0 saturated carbocycles. The molecule has 0 saturated heterocycles. The fourth-order valence-electron chi connectivity index (χ4n) is 3.45. The second-order valence-corrected chi connectivity index (χ2v) is 11.4. The number of halogens is 1. The third-order valence-electron chi connectivity index (χ3n) is 5.03. The van der Waals surface area contributed by atoms with Gasteiger partial charge in [0.05, 0.1) is 21.4 Å². The molecule has 5 rings (SSSR count). The van der Waals surface area contributed by atoms with Crippen molar-refractivity contribution in [2.24, 2.45) is 0 Å². The molecule has 0 aliphatic heterocycles. The third kappa shape index (κ3) is 4.06. The number of nitrogens with zero attached hydrogens (tertiary/aromatic N) is 2. The summed E-state index contributed by atoms with van der Waals surface area (Å²) in [7, 11) is -4.04. The van der Waals surface area contributed by atoms with Gasteiger partial charge in [-0.3, -0.25) is 9.36 Å². The molecule has 0 aliphatic rings. The van der Waals surface area contributed by atoms with Gasteiger partial charge in [0, 0.05) is 22.1 Å². The molecule has 2 N–H and O–H groups in total. The lowest BCUT2D eigenvalue weighted by atomic mass is 10.1. The van der Waals surface area contributed by atoms with Crippen LogP contribution in [0.3, 0.4) is 0 Å². The number of sulfonamides is 1. The van der Waals surface area contributed by atoms with E-state index in [1.54, 1.807) is 36.7 Å². The topological polar surface area (TPSA) is 110 Å². The average Bonchev–Trinajstić information content (AvgIpc) is 3.42. The molecule has 2 amide bonds. The number of carbonyl (C=O) groups excluding carboxylic acids is 1. The van der Waals surface area contributed by atoms with Crippen molar-refractivity contribution in [2.75, 3.05) is 5.32 Å². The molecule has 0 radical (unpaired) electrons. The van der Waals surface area contributed by atoms with Gasteiger partial charge in [0.25, 0.3) is 15.6 Å². The zero-order chi connectivity index (χ0) is 24.0. The molecule has 172 valence electrons. The number of rotatable bonds is 4. The normalized spacial score (nSPS) is 11.7. The molecule has 0 spiro atoms. The highest BCUT2D eigenvalue weighted by atomic mass is 32.2. The summed E-state index contributed by atoms with van der Waals surface area (Å²) in [6.45, 7) is 1.74. The lowest BCUT2D eigenvalue weighted by Crippen LogP contribution is -2.34. The van der Waals surface area contributed by atoms with Crippen molar-refractivity contribution in [2.45, 2.75) is 11.1 Å². The zero-order valence-electron chi connectivity index (χ0n) is 17.4. The second kappa shape index (κ2) is 8.31. The summed E-state index contributed by atoms with van der Waals surface area (Å²) < 4.78 is 43.4. The van der Waals surface area contributed by atoms with Crippen LogP contribution >= 0.6 is 22.7 Å². The van der Waals surface area contributed by atoms with Crippen LogP contribution in [0.2, 0.25) is 0 Å². The van der Waals surface area contributed by atoms with Crippen LogP contribution in [0.15, 0.2) is 69.2 Å². The van der Waals surface area contributed by atoms with E-state index in [4.69, 9.17) is 0 Å². The van der Waals surface area contributed by atoms with Crippen molar-refractivity contribution < 1.29 is 17.6 Å². The number of hydrogen-bond donors (Lipinski definition) is 2. The summed E-state index contributed by atoms with van der Waals surface area (Å²) >= 11 is 2.43. The van der Waals surface area contributed by atoms with Gasteiger partial charge >= 0.3 is 6.03 Å². The molecule has 0 bridgehead atoms. The summed E-state index contributed by atoms with van der Waals surface area (Å²) in [5, 5.41) is 3.42. The van der Waals surface area contributed by atoms with Gasteiger partial charge in [0.2, 0.25) is 0 Å². The Morgan fingerprint density at radius 2 is 1.94 bits per heavy atom. The molecular formula is C22H15FN4O4S3. The number of amides is 2. The number of thiazole rings is 1. The Kier molecular flexibility index (Phi) is 5.42. The van der Waals surface area contributed by atoms with Crippen LogP contribution in [-0.4, -0.2) is 24.0 Å². The molecular weight excluding hydrogens is 499 g/mol. The van der Waals surface area contributed by atoms with E-state index in [1.807, 2.05) is 4.72 Å². The Morgan fingerprint density at radius 1 is 1.12 bits per heavy atom. The number of carbonyl (C=O) groups is 1. The first-order valence-corrected chi connectivity index (χ1v) is 13.0. The van der Waals surface area contributed by atoms with Gasteiger partial charge in [-0.1, -0.05) is 0 Å². The fraction of sp³-hybridized carbons (Fsp3) is 0.0455. The van der Waals surface area contributed by atoms with Crippen LogP contribution in [-0.2, 0) is 10.0 Å². The molecule has 8 nitrogen and oxygen atoms in total. The SMILES string of the molecule is Cc1ccc(S(=O)(=O)NC(=O)Nc2ccc(-n3ccc4cc5ncsc5cc4c3=O)c(F)c2)s1. The lowest BCUT2D eigenvalue weighted by Gasteiger charge is -2.11. The Labute approximate surface area is 200 Å². The van der Waals surface area contributed by atoms with Crippen LogP contribution in [0.1, 0.15) is 4.88 Å². The summed E-state index contributed by atoms with van der Waals surface area (Å²) in [6.07, 6.45) is 1.47. The van der Waals surface area contributed by atoms with Crippen molar-refractivity contribution in [3.63, 3.8) is 0 Å². The van der Waals surface area contributed by atoms with Gasteiger partial charge in [-0.05, 0) is 60.8 Å². The molecule has 3 aromatic heterocycles. The molecule has 0 fully saturated rings. The van der Waals surface area contributed by atoms with Gasteiger partial charge in [0.1, 0.15) is 10.0 Å². The van der Waals surface area contributed by atoms with Crippen LogP contribution in [0.5, 0.6) is 0 Å². The van der Waals surface area contributed by atoms with E-state index in [1.165, 1.54) is 40.3 Å². The van der Waals surface area contributed by atoms with E-state index in [9.17, 15) is 22.4 Å². The molecule has 0 unspecified atom stereocenters. The quantitative estimate of drug-likeness (QED) is 0.364. The number of anilines is 1. The predicted molar refractivity (Wildman–Crippen MR) is 131 cm³/mol. The first-order chi connectivity index (χ1) is 16.2. The van der Waals surface area contributed by atoms with Crippen LogP contribution in [0.25, 0.3) is 26.7 Å². The van der Waals surface area contributed by atoms with Crippen LogP contribution < -0.4 is 15.6 Å².